The van der Waals surface area contributed by atoms with Crippen LogP contribution in [0.3, 0.4) is 0 Å². The van der Waals surface area contributed by atoms with E-state index in [1.54, 1.807) is 31.2 Å². The molecule has 10 heteroatoms. The molecule has 2 N–H and O–H groups in total. The molecule has 1 unspecified atom stereocenters. The number of rotatable bonds is 17. The lowest BCUT2D eigenvalue weighted by molar-refractivity contribution is 0.0911. The van der Waals surface area contributed by atoms with Gasteiger partial charge in [0.2, 0.25) is 11.5 Å². The Morgan fingerprint density at radius 1 is 0.590 bits per heavy atom. The second-order valence-electron chi connectivity index (χ2n) is 8.29. The third-order valence-electron chi connectivity index (χ3n) is 5.29. The van der Waals surface area contributed by atoms with Gasteiger partial charge in [-0.05, 0) is 72.7 Å². The van der Waals surface area contributed by atoms with Gasteiger partial charge in [-0.2, -0.15) is 0 Å². The lowest BCUT2D eigenvalue weighted by atomic mass is 10.1. The van der Waals surface area contributed by atoms with E-state index in [2.05, 4.69) is 10.6 Å². The maximum absolute atomic E-state index is 13.1. The molecule has 39 heavy (non-hydrogen) atoms. The highest BCUT2D eigenvalue weighted by Crippen LogP contribution is 2.40. The standard InChI is InChI=1S/C29H42N2O8/c1-8-34-22-14-20(15-23(35-9-2)26(22)38-12-5)28(32)30-18-19(7)31-29(33)21-16-24(36-10-3)27(39-13-6)25(17-21)37-11-4/h14-17,19H,8-13,18H2,1-7H3,(H,30,32)(H,31,33). The van der Waals surface area contributed by atoms with E-state index in [0.717, 1.165) is 0 Å². The van der Waals surface area contributed by atoms with Crippen molar-refractivity contribution in [3.8, 4) is 34.5 Å². The van der Waals surface area contributed by atoms with E-state index in [1.807, 2.05) is 41.5 Å². The molecule has 2 amide bonds. The van der Waals surface area contributed by atoms with Crippen molar-refractivity contribution in [2.45, 2.75) is 54.5 Å². The van der Waals surface area contributed by atoms with Gasteiger partial charge in [-0.1, -0.05) is 0 Å². The molecule has 10 nitrogen and oxygen atoms in total. The van der Waals surface area contributed by atoms with Gasteiger partial charge < -0.3 is 39.1 Å². The number of carbonyl (C=O) groups is 2. The first-order chi connectivity index (χ1) is 18.8. The summed E-state index contributed by atoms with van der Waals surface area (Å²) in [4.78, 5) is 26.1. The molecule has 1 atom stereocenters. The van der Waals surface area contributed by atoms with Gasteiger partial charge in [0, 0.05) is 23.7 Å². The number of nitrogens with one attached hydrogen (secondary N) is 2. The van der Waals surface area contributed by atoms with Crippen molar-refractivity contribution in [2.24, 2.45) is 0 Å². The van der Waals surface area contributed by atoms with Crippen molar-refractivity contribution in [2.75, 3.05) is 46.2 Å². The first kappa shape index (κ1) is 31.4. The van der Waals surface area contributed by atoms with E-state index in [4.69, 9.17) is 28.4 Å². The minimum Gasteiger partial charge on any atom is -0.490 e. The Kier molecular flexibility index (Phi) is 13.1. The van der Waals surface area contributed by atoms with Crippen LogP contribution in [0.25, 0.3) is 0 Å². The molecule has 0 aromatic heterocycles. The summed E-state index contributed by atoms with van der Waals surface area (Å²) >= 11 is 0. The van der Waals surface area contributed by atoms with Gasteiger partial charge in [0.05, 0.1) is 39.6 Å². The molecule has 0 spiro atoms. The van der Waals surface area contributed by atoms with Crippen molar-refractivity contribution in [3.05, 3.63) is 35.4 Å². The van der Waals surface area contributed by atoms with Crippen LogP contribution in [-0.2, 0) is 0 Å². The van der Waals surface area contributed by atoms with Crippen LogP contribution in [0.5, 0.6) is 34.5 Å². The molecule has 0 aliphatic heterocycles. The normalized spacial score (nSPS) is 11.3. The van der Waals surface area contributed by atoms with Gasteiger partial charge in [-0.3, -0.25) is 9.59 Å². The van der Waals surface area contributed by atoms with Crippen LogP contribution >= 0.6 is 0 Å². The second-order valence-corrected chi connectivity index (χ2v) is 8.29. The molecule has 0 saturated heterocycles. The van der Waals surface area contributed by atoms with Gasteiger partial charge >= 0.3 is 0 Å². The zero-order chi connectivity index (χ0) is 28.8. The molecule has 0 aliphatic rings. The van der Waals surface area contributed by atoms with E-state index < -0.39 is 0 Å². The molecule has 0 radical (unpaired) electrons. The van der Waals surface area contributed by atoms with Gasteiger partial charge in [0.1, 0.15) is 0 Å². The Balaban J connectivity index is 2.16. The van der Waals surface area contributed by atoms with Gasteiger partial charge in [0.15, 0.2) is 23.0 Å². The Morgan fingerprint density at radius 2 is 0.923 bits per heavy atom. The van der Waals surface area contributed by atoms with E-state index in [1.165, 1.54) is 0 Å². The summed E-state index contributed by atoms with van der Waals surface area (Å²) in [6.45, 7) is 15.6. The van der Waals surface area contributed by atoms with Crippen molar-refractivity contribution in [1.82, 2.24) is 10.6 Å². The molecule has 2 aromatic rings. The summed E-state index contributed by atoms with van der Waals surface area (Å²) in [6.07, 6.45) is 0. The summed E-state index contributed by atoms with van der Waals surface area (Å²) in [7, 11) is 0. The lowest BCUT2D eigenvalue weighted by Crippen LogP contribution is -2.41. The number of benzene rings is 2. The van der Waals surface area contributed by atoms with Crippen molar-refractivity contribution in [1.29, 1.82) is 0 Å². The number of amides is 2. The van der Waals surface area contributed by atoms with Crippen LogP contribution in [-0.4, -0.2) is 64.0 Å². The van der Waals surface area contributed by atoms with Crippen LogP contribution in [0.4, 0.5) is 0 Å². The highest BCUT2D eigenvalue weighted by atomic mass is 16.5. The number of hydrogen-bond acceptors (Lipinski definition) is 8. The first-order valence-electron chi connectivity index (χ1n) is 13.5. The molecule has 0 heterocycles. The first-order valence-corrected chi connectivity index (χ1v) is 13.5. The van der Waals surface area contributed by atoms with Gasteiger partial charge in [-0.25, -0.2) is 0 Å². The number of ether oxygens (including phenoxy) is 6. The minimum atomic E-state index is -0.375. The summed E-state index contributed by atoms with van der Waals surface area (Å²) in [5, 5.41) is 5.77. The van der Waals surface area contributed by atoms with E-state index in [-0.39, 0.29) is 24.4 Å². The van der Waals surface area contributed by atoms with E-state index in [9.17, 15) is 9.59 Å². The Labute approximate surface area is 231 Å². The Hall–Kier alpha value is -3.82. The molecule has 0 fully saturated rings. The topological polar surface area (TPSA) is 114 Å². The second kappa shape index (κ2) is 16.2. The van der Waals surface area contributed by atoms with E-state index in [0.29, 0.717) is 85.3 Å². The molecule has 2 rings (SSSR count). The Morgan fingerprint density at radius 3 is 1.26 bits per heavy atom. The highest BCUT2D eigenvalue weighted by molar-refractivity contribution is 5.97. The number of carbonyl (C=O) groups excluding carboxylic acids is 2. The largest absolute Gasteiger partial charge is 0.490 e. The van der Waals surface area contributed by atoms with Crippen molar-refractivity contribution < 1.29 is 38.0 Å². The summed E-state index contributed by atoms with van der Waals surface area (Å²) in [5.41, 5.74) is 0.718. The molecule has 0 aliphatic carbocycles. The fraction of sp³-hybridized carbons (Fsp3) is 0.517. The van der Waals surface area contributed by atoms with Crippen LogP contribution in [0.15, 0.2) is 24.3 Å². The SMILES string of the molecule is CCOc1cc(C(=O)NCC(C)NC(=O)c2cc(OCC)c(OCC)c(OCC)c2)cc(OCC)c1OCC. The molecular formula is C29H42N2O8. The third kappa shape index (κ3) is 8.87. The zero-order valence-electron chi connectivity index (χ0n) is 24.1. The Bertz CT molecular complexity index is 1030. The van der Waals surface area contributed by atoms with Crippen molar-refractivity contribution in [3.63, 3.8) is 0 Å². The van der Waals surface area contributed by atoms with Gasteiger partial charge in [0.25, 0.3) is 11.8 Å². The highest BCUT2D eigenvalue weighted by Gasteiger charge is 2.21. The molecule has 0 saturated carbocycles. The molecule has 2 aromatic carbocycles. The average Bonchev–Trinajstić information content (AvgIpc) is 2.91. The quantitative estimate of drug-likeness (QED) is 0.295. The van der Waals surface area contributed by atoms with Crippen LogP contribution in [0.2, 0.25) is 0 Å². The fourth-order valence-electron chi connectivity index (χ4n) is 3.75. The van der Waals surface area contributed by atoms with Crippen LogP contribution < -0.4 is 39.1 Å². The average molecular weight is 547 g/mol. The maximum Gasteiger partial charge on any atom is 0.251 e. The van der Waals surface area contributed by atoms with E-state index >= 15 is 0 Å². The third-order valence-corrected chi connectivity index (χ3v) is 5.29. The van der Waals surface area contributed by atoms with Crippen LogP contribution in [0.1, 0.15) is 69.2 Å². The number of hydrogen-bond donors (Lipinski definition) is 2. The lowest BCUT2D eigenvalue weighted by Gasteiger charge is -2.19. The predicted octanol–water partition coefficient (Wildman–Crippen LogP) is 4.63. The van der Waals surface area contributed by atoms with Crippen LogP contribution in [0, 0.1) is 0 Å². The monoisotopic (exact) mass is 546 g/mol. The van der Waals surface area contributed by atoms with Crippen molar-refractivity contribution >= 4 is 11.8 Å². The summed E-state index contributed by atoms with van der Waals surface area (Å²) in [6, 6.07) is 6.13. The minimum absolute atomic E-state index is 0.194. The molecular weight excluding hydrogens is 504 g/mol. The summed E-state index contributed by atoms with van der Waals surface area (Å²) < 4.78 is 34.2. The zero-order valence-corrected chi connectivity index (χ0v) is 24.1. The maximum atomic E-state index is 13.1. The summed E-state index contributed by atoms with van der Waals surface area (Å²) in [5.74, 6) is 1.99. The molecule has 216 valence electrons. The smallest absolute Gasteiger partial charge is 0.251 e. The van der Waals surface area contributed by atoms with Gasteiger partial charge in [-0.15, -0.1) is 0 Å². The fourth-order valence-corrected chi connectivity index (χ4v) is 3.75. The molecule has 0 bridgehead atoms. The predicted molar refractivity (Wildman–Crippen MR) is 149 cm³/mol.